The van der Waals surface area contributed by atoms with Gasteiger partial charge >= 0.3 is 5.91 Å². The Labute approximate surface area is 194 Å². The number of quaternary nitrogens is 1. The average molecular weight is 431 g/mol. The minimum absolute atomic E-state index is 0.434. The summed E-state index contributed by atoms with van der Waals surface area (Å²) in [4.78, 5) is 13.0. The fourth-order valence-corrected chi connectivity index (χ4v) is 4.71. The molecule has 0 N–H and O–H groups in total. The largest absolute Gasteiger partial charge is 0.313 e. The molecule has 1 aromatic rings. The molecular weight excluding hydrogens is 378 g/mol. The van der Waals surface area contributed by atoms with E-state index in [1.165, 1.54) is 95.5 Å². The standard InChI is InChI=1S/C29H52NO/c1-4-7-8-9-10-11-12-13-14-15-16-17-18-19-23-26-29(31)30(5-2,6-3)27-28-24-21-20-22-25-28/h20-22,24-25H,4-19,23,26-27H2,1-3H3/q+1. The Kier molecular flexibility index (Phi) is 16.6. The zero-order valence-corrected chi connectivity index (χ0v) is 21.2. The highest BCUT2D eigenvalue weighted by molar-refractivity contribution is 5.69. The van der Waals surface area contributed by atoms with E-state index >= 15 is 0 Å². The van der Waals surface area contributed by atoms with Gasteiger partial charge in [0.1, 0.15) is 6.54 Å². The summed E-state index contributed by atoms with van der Waals surface area (Å²) in [6.07, 6.45) is 21.2. The summed E-state index contributed by atoms with van der Waals surface area (Å²) in [5.74, 6) is 0.434. The molecule has 178 valence electrons. The van der Waals surface area contributed by atoms with Crippen LogP contribution in [-0.2, 0) is 11.3 Å². The van der Waals surface area contributed by atoms with Crippen molar-refractivity contribution in [2.45, 2.75) is 130 Å². The second-order valence-corrected chi connectivity index (χ2v) is 9.51. The Balaban J connectivity index is 2.05. The third-order valence-corrected chi connectivity index (χ3v) is 7.06. The predicted octanol–water partition coefficient (Wildman–Crippen LogP) is 8.83. The molecule has 1 aromatic carbocycles. The van der Waals surface area contributed by atoms with Gasteiger partial charge in [-0.3, -0.25) is 4.48 Å². The highest BCUT2D eigenvalue weighted by Gasteiger charge is 2.32. The molecule has 0 saturated carbocycles. The summed E-state index contributed by atoms with van der Waals surface area (Å²) < 4.78 is 0.600. The third-order valence-electron chi connectivity index (χ3n) is 7.06. The van der Waals surface area contributed by atoms with Crippen molar-refractivity contribution in [3.8, 4) is 0 Å². The Bertz CT molecular complexity index is 535. The van der Waals surface area contributed by atoms with Crippen LogP contribution in [0.3, 0.4) is 0 Å². The SMILES string of the molecule is CCCCCCCCCCCCCCCCCC(=O)[N+](CC)(CC)Cc1ccccc1. The van der Waals surface area contributed by atoms with Gasteiger partial charge in [0, 0.05) is 5.56 Å². The summed E-state index contributed by atoms with van der Waals surface area (Å²) in [6, 6.07) is 10.5. The van der Waals surface area contributed by atoms with E-state index in [0.29, 0.717) is 10.4 Å². The highest BCUT2D eigenvalue weighted by atomic mass is 16.2. The van der Waals surface area contributed by atoms with E-state index < -0.39 is 0 Å². The van der Waals surface area contributed by atoms with Crippen molar-refractivity contribution in [3.05, 3.63) is 35.9 Å². The summed E-state index contributed by atoms with van der Waals surface area (Å²) in [5, 5.41) is 0. The molecule has 2 nitrogen and oxygen atoms in total. The summed E-state index contributed by atoms with van der Waals surface area (Å²) in [6.45, 7) is 9.24. The third kappa shape index (κ3) is 12.5. The molecule has 0 aliphatic carbocycles. The molecular formula is C29H52NO+. The van der Waals surface area contributed by atoms with Crippen molar-refractivity contribution in [1.29, 1.82) is 0 Å². The van der Waals surface area contributed by atoms with E-state index in [4.69, 9.17) is 0 Å². The normalized spacial score (nSPS) is 11.7. The molecule has 0 aliphatic rings. The maximum absolute atomic E-state index is 13.0. The van der Waals surface area contributed by atoms with Crippen LogP contribution in [-0.4, -0.2) is 23.5 Å². The van der Waals surface area contributed by atoms with Gasteiger partial charge in [-0.05, 0) is 20.3 Å². The second-order valence-electron chi connectivity index (χ2n) is 9.51. The number of amides is 1. The van der Waals surface area contributed by atoms with E-state index in [2.05, 4.69) is 45.0 Å². The minimum Gasteiger partial charge on any atom is -0.257 e. The van der Waals surface area contributed by atoms with Crippen LogP contribution in [0.15, 0.2) is 30.3 Å². The fraction of sp³-hybridized carbons (Fsp3) is 0.759. The molecule has 0 bridgehead atoms. The first-order valence-corrected chi connectivity index (χ1v) is 13.6. The van der Waals surface area contributed by atoms with Gasteiger partial charge in [0.25, 0.3) is 0 Å². The number of hydrogen-bond acceptors (Lipinski definition) is 1. The average Bonchev–Trinajstić information content (AvgIpc) is 2.80. The van der Waals surface area contributed by atoms with Gasteiger partial charge in [-0.15, -0.1) is 0 Å². The predicted molar refractivity (Wildman–Crippen MR) is 136 cm³/mol. The van der Waals surface area contributed by atoms with Gasteiger partial charge in [0.2, 0.25) is 0 Å². The zero-order chi connectivity index (χ0) is 22.6. The summed E-state index contributed by atoms with van der Waals surface area (Å²) >= 11 is 0. The van der Waals surface area contributed by atoms with Crippen molar-refractivity contribution >= 4 is 5.91 Å². The van der Waals surface area contributed by atoms with E-state index in [1.807, 2.05) is 6.07 Å². The van der Waals surface area contributed by atoms with Gasteiger partial charge in [0.15, 0.2) is 0 Å². The smallest absolute Gasteiger partial charge is 0.257 e. The van der Waals surface area contributed by atoms with Crippen molar-refractivity contribution < 1.29 is 9.28 Å². The number of hydrogen-bond donors (Lipinski definition) is 0. The van der Waals surface area contributed by atoms with Crippen molar-refractivity contribution in [1.82, 2.24) is 0 Å². The van der Waals surface area contributed by atoms with Crippen molar-refractivity contribution in [3.63, 3.8) is 0 Å². The maximum Gasteiger partial charge on any atom is 0.313 e. The molecule has 0 spiro atoms. The Morgan fingerprint density at radius 3 is 1.45 bits per heavy atom. The molecule has 0 radical (unpaired) electrons. The molecule has 31 heavy (non-hydrogen) atoms. The molecule has 2 heteroatoms. The van der Waals surface area contributed by atoms with Crippen LogP contribution < -0.4 is 0 Å². The zero-order valence-electron chi connectivity index (χ0n) is 21.2. The summed E-state index contributed by atoms with van der Waals surface area (Å²) in [7, 11) is 0. The molecule has 0 atom stereocenters. The molecule has 0 fully saturated rings. The van der Waals surface area contributed by atoms with Crippen LogP contribution in [0.4, 0.5) is 0 Å². The summed E-state index contributed by atoms with van der Waals surface area (Å²) in [5.41, 5.74) is 1.27. The molecule has 0 unspecified atom stereocenters. The molecule has 0 saturated heterocycles. The van der Waals surface area contributed by atoms with Crippen molar-refractivity contribution in [2.75, 3.05) is 13.1 Å². The maximum atomic E-state index is 13.0. The van der Waals surface area contributed by atoms with Gasteiger partial charge < -0.3 is 0 Å². The number of nitrogens with zero attached hydrogens (tertiary/aromatic N) is 1. The van der Waals surface area contributed by atoms with Gasteiger partial charge in [-0.2, -0.15) is 0 Å². The van der Waals surface area contributed by atoms with Crippen LogP contribution in [0, 0.1) is 0 Å². The van der Waals surface area contributed by atoms with Gasteiger partial charge in [0.05, 0.1) is 19.5 Å². The molecule has 0 aliphatic heterocycles. The first-order valence-electron chi connectivity index (χ1n) is 13.6. The Hall–Kier alpha value is -1.15. The molecule has 1 rings (SSSR count). The Morgan fingerprint density at radius 1 is 0.613 bits per heavy atom. The van der Waals surface area contributed by atoms with Crippen LogP contribution in [0.1, 0.15) is 129 Å². The number of unbranched alkanes of at least 4 members (excludes halogenated alkanes) is 14. The first-order chi connectivity index (χ1) is 15.2. The first kappa shape index (κ1) is 27.9. The topological polar surface area (TPSA) is 17.1 Å². The van der Waals surface area contributed by atoms with E-state index in [0.717, 1.165) is 32.5 Å². The minimum atomic E-state index is 0.434. The van der Waals surface area contributed by atoms with Crippen molar-refractivity contribution in [2.24, 2.45) is 0 Å². The quantitative estimate of drug-likeness (QED) is 0.149. The van der Waals surface area contributed by atoms with Crippen LogP contribution in [0.5, 0.6) is 0 Å². The lowest BCUT2D eigenvalue weighted by Crippen LogP contribution is -2.51. The van der Waals surface area contributed by atoms with Gasteiger partial charge in [-0.1, -0.05) is 127 Å². The number of carbonyl (C=O) groups is 1. The Morgan fingerprint density at radius 2 is 1.03 bits per heavy atom. The monoisotopic (exact) mass is 430 g/mol. The fourth-order valence-electron chi connectivity index (χ4n) is 4.71. The second kappa shape index (κ2) is 18.4. The molecule has 0 aromatic heterocycles. The number of carbonyl (C=O) groups excluding carboxylic acids is 1. The molecule has 1 amide bonds. The van der Waals surface area contributed by atoms with Gasteiger partial charge in [-0.25, -0.2) is 4.79 Å². The van der Waals surface area contributed by atoms with Crippen LogP contribution >= 0.6 is 0 Å². The highest BCUT2D eigenvalue weighted by Crippen LogP contribution is 2.19. The van der Waals surface area contributed by atoms with Crippen LogP contribution in [0.25, 0.3) is 0 Å². The number of benzene rings is 1. The lowest BCUT2D eigenvalue weighted by molar-refractivity contribution is -0.864. The molecule has 0 heterocycles. The lowest BCUT2D eigenvalue weighted by atomic mass is 10.0. The lowest BCUT2D eigenvalue weighted by Gasteiger charge is -2.34. The van der Waals surface area contributed by atoms with Crippen LogP contribution in [0.2, 0.25) is 0 Å². The van der Waals surface area contributed by atoms with E-state index in [1.54, 1.807) is 0 Å². The van der Waals surface area contributed by atoms with E-state index in [9.17, 15) is 4.79 Å². The number of rotatable bonds is 20. The van der Waals surface area contributed by atoms with E-state index in [-0.39, 0.29) is 0 Å².